The van der Waals surface area contributed by atoms with E-state index in [1.165, 1.54) is 18.5 Å². The maximum atomic E-state index is 12.3. The lowest BCUT2D eigenvalue weighted by atomic mass is 10.1. The number of anilines is 1. The molecular weight excluding hydrogens is 306 g/mol. The number of thiazole rings is 1. The van der Waals surface area contributed by atoms with Crippen molar-refractivity contribution in [1.29, 1.82) is 0 Å². The molecule has 5 heteroatoms. The summed E-state index contributed by atoms with van der Waals surface area (Å²) in [5, 5.41) is 5.16. The molecule has 4 rings (SSSR count). The van der Waals surface area contributed by atoms with Crippen molar-refractivity contribution in [2.24, 2.45) is 5.92 Å². The highest BCUT2D eigenvalue weighted by atomic mass is 32.1. The van der Waals surface area contributed by atoms with Crippen LogP contribution >= 0.6 is 11.3 Å². The minimum Gasteiger partial charge on any atom is -0.326 e. The Bertz CT molecular complexity index is 858. The van der Waals surface area contributed by atoms with Gasteiger partial charge in [0.2, 0.25) is 5.91 Å². The van der Waals surface area contributed by atoms with Gasteiger partial charge >= 0.3 is 0 Å². The summed E-state index contributed by atoms with van der Waals surface area (Å²) in [4.78, 5) is 17.9. The van der Waals surface area contributed by atoms with E-state index in [-0.39, 0.29) is 11.8 Å². The van der Waals surface area contributed by atoms with E-state index >= 15 is 0 Å². The topological polar surface area (TPSA) is 46.4 Å². The Hall–Kier alpha value is -2.14. The van der Waals surface area contributed by atoms with Gasteiger partial charge in [-0.05, 0) is 31.9 Å². The van der Waals surface area contributed by atoms with Crippen LogP contribution in [0.4, 0.5) is 5.69 Å². The fourth-order valence-corrected chi connectivity index (χ4v) is 4.07. The van der Waals surface area contributed by atoms with Gasteiger partial charge in [0.1, 0.15) is 0 Å². The van der Waals surface area contributed by atoms with E-state index in [9.17, 15) is 4.79 Å². The van der Waals surface area contributed by atoms with Crippen LogP contribution in [0.5, 0.6) is 0 Å². The molecule has 1 N–H and O–H groups in total. The first-order valence-electron chi connectivity index (χ1n) is 8.05. The number of amides is 1. The number of carbonyl (C=O) groups is 1. The zero-order chi connectivity index (χ0) is 15.8. The van der Waals surface area contributed by atoms with Crippen LogP contribution in [0.1, 0.15) is 31.4 Å². The molecule has 0 unspecified atom stereocenters. The van der Waals surface area contributed by atoms with Crippen molar-refractivity contribution >= 4 is 27.9 Å². The van der Waals surface area contributed by atoms with E-state index in [4.69, 9.17) is 0 Å². The standard InChI is InChI=1S/C18H19N3OS/c1-12-11-23-18-20-16(10-21(12)18)14-7-4-8-15(9-14)19-17(22)13-5-2-3-6-13/h4,7-11,13H,2-3,5-6H2,1H3,(H,19,22). The van der Waals surface area contributed by atoms with Gasteiger partial charge < -0.3 is 5.32 Å². The highest BCUT2D eigenvalue weighted by Gasteiger charge is 2.22. The van der Waals surface area contributed by atoms with Gasteiger partial charge in [-0.25, -0.2) is 4.98 Å². The summed E-state index contributed by atoms with van der Waals surface area (Å²) in [6.07, 6.45) is 6.43. The van der Waals surface area contributed by atoms with E-state index < -0.39 is 0 Å². The molecule has 4 nitrogen and oxygen atoms in total. The summed E-state index contributed by atoms with van der Waals surface area (Å²) in [5.74, 6) is 0.334. The molecule has 1 aromatic carbocycles. The van der Waals surface area contributed by atoms with Gasteiger partial charge in [-0.1, -0.05) is 25.0 Å². The zero-order valence-electron chi connectivity index (χ0n) is 13.1. The second-order valence-corrected chi connectivity index (χ2v) is 7.04. The van der Waals surface area contributed by atoms with Crippen molar-refractivity contribution in [3.63, 3.8) is 0 Å². The third kappa shape index (κ3) is 2.77. The third-order valence-corrected chi connectivity index (χ3v) is 5.50. The zero-order valence-corrected chi connectivity index (χ0v) is 13.9. The molecule has 1 amide bonds. The number of rotatable bonds is 3. The largest absolute Gasteiger partial charge is 0.326 e. The summed E-state index contributed by atoms with van der Waals surface area (Å²) >= 11 is 1.64. The van der Waals surface area contributed by atoms with Gasteiger partial charge in [0.05, 0.1) is 5.69 Å². The molecule has 2 heterocycles. The van der Waals surface area contributed by atoms with Crippen molar-refractivity contribution in [2.75, 3.05) is 5.32 Å². The van der Waals surface area contributed by atoms with Crippen LogP contribution in [-0.2, 0) is 4.79 Å². The quantitative estimate of drug-likeness (QED) is 0.770. The predicted molar refractivity (Wildman–Crippen MR) is 93.8 cm³/mol. The number of carbonyl (C=O) groups excluding carboxylic acids is 1. The van der Waals surface area contributed by atoms with Crippen LogP contribution in [-0.4, -0.2) is 15.3 Å². The van der Waals surface area contributed by atoms with Crippen LogP contribution in [0.3, 0.4) is 0 Å². The van der Waals surface area contributed by atoms with E-state index in [1.807, 2.05) is 24.3 Å². The van der Waals surface area contributed by atoms with Gasteiger partial charge in [0.15, 0.2) is 4.96 Å². The second kappa shape index (κ2) is 5.81. The number of hydrogen-bond acceptors (Lipinski definition) is 3. The van der Waals surface area contributed by atoms with Crippen LogP contribution < -0.4 is 5.32 Å². The molecule has 3 aromatic rings. The Morgan fingerprint density at radius 2 is 2.17 bits per heavy atom. The maximum absolute atomic E-state index is 12.3. The molecule has 1 aliphatic rings. The molecule has 0 atom stereocenters. The molecular formula is C18H19N3OS. The lowest BCUT2D eigenvalue weighted by molar-refractivity contribution is -0.119. The van der Waals surface area contributed by atoms with Crippen LogP contribution in [0.25, 0.3) is 16.2 Å². The molecule has 1 fully saturated rings. The van der Waals surface area contributed by atoms with Crippen LogP contribution in [0, 0.1) is 12.8 Å². The molecule has 2 aromatic heterocycles. The van der Waals surface area contributed by atoms with Crippen molar-refractivity contribution < 1.29 is 4.79 Å². The van der Waals surface area contributed by atoms with Crippen molar-refractivity contribution in [1.82, 2.24) is 9.38 Å². The Labute approximate surface area is 139 Å². The molecule has 118 valence electrons. The van der Waals surface area contributed by atoms with Crippen molar-refractivity contribution in [3.05, 3.63) is 41.5 Å². The number of imidazole rings is 1. The van der Waals surface area contributed by atoms with Gasteiger partial charge in [-0.2, -0.15) is 0 Å². The van der Waals surface area contributed by atoms with Gasteiger partial charge in [0.25, 0.3) is 0 Å². The molecule has 0 spiro atoms. The van der Waals surface area contributed by atoms with Crippen molar-refractivity contribution in [2.45, 2.75) is 32.6 Å². The minimum absolute atomic E-state index is 0.154. The summed E-state index contributed by atoms with van der Waals surface area (Å²) in [7, 11) is 0. The maximum Gasteiger partial charge on any atom is 0.227 e. The molecule has 0 aliphatic heterocycles. The van der Waals surface area contributed by atoms with E-state index in [1.54, 1.807) is 11.3 Å². The third-order valence-electron chi connectivity index (χ3n) is 4.54. The first-order chi connectivity index (χ1) is 11.2. The second-order valence-electron chi connectivity index (χ2n) is 6.21. The average Bonchev–Trinajstić information content (AvgIpc) is 3.26. The Morgan fingerprint density at radius 1 is 1.35 bits per heavy atom. The predicted octanol–water partition coefficient (Wildman–Crippen LogP) is 4.50. The Morgan fingerprint density at radius 3 is 2.96 bits per heavy atom. The molecule has 1 aliphatic carbocycles. The fraction of sp³-hybridized carbons (Fsp3) is 0.333. The lowest BCUT2D eigenvalue weighted by Crippen LogP contribution is -2.20. The molecule has 1 saturated carbocycles. The molecule has 0 saturated heterocycles. The smallest absolute Gasteiger partial charge is 0.227 e. The Balaban J connectivity index is 1.59. The first kappa shape index (κ1) is 14.5. The minimum atomic E-state index is 0.154. The summed E-state index contributed by atoms with van der Waals surface area (Å²) in [5.41, 5.74) is 4.02. The normalized spacial score (nSPS) is 15.3. The van der Waals surface area contributed by atoms with Gasteiger partial charge in [-0.15, -0.1) is 11.3 Å². The summed E-state index contributed by atoms with van der Waals surface area (Å²) < 4.78 is 2.10. The van der Waals surface area contributed by atoms with Crippen molar-refractivity contribution in [3.8, 4) is 11.3 Å². The number of benzene rings is 1. The summed E-state index contributed by atoms with van der Waals surface area (Å²) in [6, 6.07) is 7.96. The van der Waals surface area contributed by atoms with Gasteiger partial charge in [0, 0.05) is 34.4 Å². The number of nitrogens with zero attached hydrogens (tertiary/aromatic N) is 2. The highest BCUT2D eigenvalue weighted by Crippen LogP contribution is 2.28. The number of aromatic nitrogens is 2. The van der Waals surface area contributed by atoms with Crippen LogP contribution in [0.15, 0.2) is 35.8 Å². The van der Waals surface area contributed by atoms with E-state index in [0.29, 0.717) is 0 Å². The number of fused-ring (bicyclic) bond motifs is 1. The van der Waals surface area contributed by atoms with E-state index in [2.05, 4.69) is 33.2 Å². The number of hydrogen-bond donors (Lipinski definition) is 1. The lowest BCUT2D eigenvalue weighted by Gasteiger charge is -2.11. The number of aryl methyl sites for hydroxylation is 1. The monoisotopic (exact) mass is 325 g/mol. The summed E-state index contributed by atoms with van der Waals surface area (Å²) in [6.45, 7) is 2.08. The molecule has 0 bridgehead atoms. The first-order valence-corrected chi connectivity index (χ1v) is 8.93. The van der Waals surface area contributed by atoms with Crippen LogP contribution in [0.2, 0.25) is 0 Å². The highest BCUT2D eigenvalue weighted by molar-refractivity contribution is 7.15. The Kier molecular flexibility index (Phi) is 3.65. The van der Waals surface area contributed by atoms with Gasteiger partial charge in [-0.3, -0.25) is 9.20 Å². The SMILES string of the molecule is Cc1csc2nc(-c3cccc(NC(=O)C4CCCC4)c3)cn12. The van der Waals surface area contributed by atoms with E-state index in [0.717, 1.165) is 34.7 Å². The number of nitrogens with one attached hydrogen (secondary N) is 1. The molecule has 23 heavy (non-hydrogen) atoms. The molecule has 0 radical (unpaired) electrons. The fourth-order valence-electron chi connectivity index (χ4n) is 3.22. The average molecular weight is 325 g/mol.